The summed E-state index contributed by atoms with van der Waals surface area (Å²) in [4.78, 5) is 14.8. The lowest BCUT2D eigenvalue weighted by Gasteiger charge is -2.33. The lowest BCUT2D eigenvalue weighted by atomic mass is 9.98. The topological polar surface area (TPSA) is 58.4 Å². The summed E-state index contributed by atoms with van der Waals surface area (Å²) in [5, 5.41) is 3.65. The smallest absolute Gasteiger partial charge is 0.257 e. The number of carbonyl (C=O) groups is 1. The molecule has 1 aliphatic rings. The van der Waals surface area contributed by atoms with Gasteiger partial charge in [0, 0.05) is 13.1 Å². The molecule has 0 bridgehead atoms. The third kappa shape index (κ3) is 4.02. The van der Waals surface area contributed by atoms with Gasteiger partial charge in [-0.1, -0.05) is 42.3 Å². The number of amides is 1. The van der Waals surface area contributed by atoms with Gasteiger partial charge in [0.25, 0.3) is 5.91 Å². The Balaban J connectivity index is 1.85. The number of hydrogen-bond donors (Lipinski definition) is 2. The fourth-order valence-electron chi connectivity index (χ4n) is 3.03. The highest BCUT2D eigenvalue weighted by Crippen LogP contribution is 2.35. The molecule has 1 amide bonds. The lowest BCUT2D eigenvalue weighted by molar-refractivity contribution is 0.102. The molecule has 2 aromatic rings. The van der Waals surface area contributed by atoms with Crippen LogP contribution < -0.4 is 16.0 Å². The van der Waals surface area contributed by atoms with E-state index >= 15 is 0 Å². The molecule has 0 saturated carbocycles. The van der Waals surface area contributed by atoms with Gasteiger partial charge in [-0.3, -0.25) is 4.79 Å². The highest BCUT2D eigenvalue weighted by molar-refractivity contribution is 6.36. The van der Waals surface area contributed by atoms with Gasteiger partial charge in [-0.2, -0.15) is 0 Å². The van der Waals surface area contributed by atoms with Crippen molar-refractivity contribution in [1.29, 1.82) is 0 Å². The summed E-state index contributed by atoms with van der Waals surface area (Å²) >= 11 is 12.4. The fourth-order valence-corrected chi connectivity index (χ4v) is 3.47. The van der Waals surface area contributed by atoms with Crippen LogP contribution in [-0.2, 0) is 0 Å². The molecule has 0 aromatic heterocycles. The van der Waals surface area contributed by atoms with Gasteiger partial charge in [0.1, 0.15) is 0 Å². The minimum atomic E-state index is -0.296. The zero-order valence-electron chi connectivity index (χ0n) is 14.1. The first-order valence-corrected chi connectivity index (χ1v) is 9.11. The van der Waals surface area contributed by atoms with Gasteiger partial charge in [-0.15, -0.1) is 0 Å². The molecule has 1 heterocycles. The average molecular weight is 378 g/mol. The van der Waals surface area contributed by atoms with E-state index in [0.29, 0.717) is 27.0 Å². The van der Waals surface area contributed by atoms with E-state index < -0.39 is 0 Å². The van der Waals surface area contributed by atoms with E-state index in [2.05, 4.69) is 17.1 Å². The van der Waals surface area contributed by atoms with Crippen LogP contribution in [0.3, 0.4) is 0 Å². The first-order chi connectivity index (χ1) is 12.0. The zero-order chi connectivity index (χ0) is 18.0. The van der Waals surface area contributed by atoms with Crippen molar-refractivity contribution in [1.82, 2.24) is 0 Å². The second kappa shape index (κ2) is 7.54. The van der Waals surface area contributed by atoms with Gasteiger partial charge >= 0.3 is 0 Å². The van der Waals surface area contributed by atoms with Crippen molar-refractivity contribution in [2.45, 2.75) is 19.8 Å². The molecule has 132 valence electrons. The van der Waals surface area contributed by atoms with E-state index in [1.807, 2.05) is 6.07 Å². The predicted molar refractivity (Wildman–Crippen MR) is 106 cm³/mol. The van der Waals surface area contributed by atoms with Crippen LogP contribution in [0.5, 0.6) is 0 Å². The van der Waals surface area contributed by atoms with Crippen LogP contribution >= 0.6 is 23.2 Å². The average Bonchev–Trinajstić information content (AvgIpc) is 2.58. The van der Waals surface area contributed by atoms with Crippen LogP contribution in [0.1, 0.15) is 30.1 Å². The summed E-state index contributed by atoms with van der Waals surface area (Å²) in [5.41, 5.74) is 8.63. The SMILES string of the molecule is CC1CCN(c2cc(NC(=O)c3ccccc3Cl)c(Cl)cc2N)CC1. The summed E-state index contributed by atoms with van der Waals surface area (Å²) in [6.07, 6.45) is 2.26. The summed E-state index contributed by atoms with van der Waals surface area (Å²) in [6, 6.07) is 10.5. The molecule has 0 radical (unpaired) electrons. The maximum absolute atomic E-state index is 12.5. The number of halogens is 2. The number of carbonyl (C=O) groups excluding carboxylic acids is 1. The maximum Gasteiger partial charge on any atom is 0.257 e. The molecule has 3 rings (SSSR count). The number of nitrogen functional groups attached to an aromatic ring is 1. The molecule has 1 saturated heterocycles. The normalized spacial score (nSPS) is 15.2. The van der Waals surface area contributed by atoms with Gasteiger partial charge in [0.2, 0.25) is 0 Å². The molecule has 0 atom stereocenters. The molecular formula is C19H21Cl2N3O. The molecule has 1 aliphatic heterocycles. The van der Waals surface area contributed by atoms with Crippen molar-refractivity contribution < 1.29 is 4.79 Å². The number of benzene rings is 2. The molecule has 6 heteroatoms. The summed E-state index contributed by atoms with van der Waals surface area (Å²) in [7, 11) is 0. The van der Waals surface area contributed by atoms with Crippen molar-refractivity contribution in [2.75, 3.05) is 29.0 Å². The number of piperidine rings is 1. The second-order valence-corrected chi connectivity index (χ2v) is 7.31. The van der Waals surface area contributed by atoms with Crippen molar-refractivity contribution in [3.8, 4) is 0 Å². The molecule has 0 unspecified atom stereocenters. The van der Waals surface area contributed by atoms with E-state index in [9.17, 15) is 4.79 Å². The Hall–Kier alpha value is -1.91. The van der Waals surface area contributed by atoms with Gasteiger partial charge in [-0.05, 0) is 43.0 Å². The van der Waals surface area contributed by atoms with Crippen molar-refractivity contribution in [2.24, 2.45) is 5.92 Å². The second-order valence-electron chi connectivity index (χ2n) is 6.49. The minimum absolute atomic E-state index is 0.296. The zero-order valence-corrected chi connectivity index (χ0v) is 15.6. The number of nitrogens with zero attached hydrogens (tertiary/aromatic N) is 1. The highest BCUT2D eigenvalue weighted by atomic mass is 35.5. The van der Waals surface area contributed by atoms with Crippen molar-refractivity contribution in [3.63, 3.8) is 0 Å². The summed E-state index contributed by atoms with van der Waals surface area (Å²) in [6.45, 7) is 4.16. The van der Waals surface area contributed by atoms with E-state index in [1.54, 1.807) is 30.3 Å². The number of rotatable bonds is 3. The Bertz CT molecular complexity index is 786. The van der Waals surface area contributed by atoms with Gasteiger partial charge in [0.15, 0.2) is 0 Å². The van der Waals surface area contributed by atoms with E-state index in [1.165, 1.54) is 0 Å². The van der Waals surface area contributed by atoms with Crippen molar-refractivity contribution in [3.05, 3.63) is 52.0 Å². The Morgan fingerprint density at radius 3 is 2.52 bits per heavy atom. The quantitative estimate of drug-likeness (QED) is 0.734. The molecule has 1 fully saturated rings. The molecular weight excluding hydrogens is 357 g/mol. The molecule has 0 aliphatic carbocycles. The lowest BCUT2D eigenvalue weighted by Crippen LogP contribution is -2.33. The monoisotopic (exact) mass is 377 g/mol. The number of anilines is 3. The van der Waals surface area contributed by atoms with Crippen LogP contribution in [0.4, 0.5) is 17.1 Å². The van der Waals surface area contributed by atoms with E-state index in [0.717, 1.165) is 37.5 Å². The van der Waals surface area contributed by atoms with Gasteiger partial charge in [-0.25, -0.2) is 0 Å². The number of nitrogens with one attached hydrogen (secondary N) is 1. The minimum Gasteiger partial charge on any atom is -0.397 e. The first-order valence-electron chi connectivity index (χ1n) is 8.35. The fraction of sp³-hybridized carbons (Fsp3) is 0.316. The van der Waals surface area contributed by atoms with Gasteiger partial charge < -0.3 is 16.0 Å². The maximum atomic E-state index is 12.5. The highest BCUT2D eigenvalue weighted by Gasteiger charge is 2.20. The predicted octanol–water partition coefficient (Wildman–Crippen LogP) is 5.06. The Labute approximate surface area is 157 Å². The van der Waals surface area contributed by atoms with Crippen molar-refractivity contribution >= 4 is 46.2 Å². The van der Waals surface area contributed by atoms with Crippen LogP contribution in [0.15, 0.2) is 36.4 Å². The first kappa shape index (κ1) is 17.9. The van der Waals surface area contributed by atoms with Crippen LogP contribution in [0, 0.1) is 5.92 Å². The van der Waals surface area contributed by atoms with Crippen LogP contribution in [0.25, 0.3) is 0 Å². The van der Waals surface area contributed by atoms with Gasteiger partial charge in [0.05, 0.1) is 32.7 Å². The van der Waals surface area contributed by atoms with Crippen LogP contribution in [-0.4, -0.2) is 19.0 Å². The Morgan fingerprint density at radius 1 is 1.16 bits per heavy atom. The van der Waals surface area contributed by atoms with E-state index in [4.69, 9.17) is 28.9 Å². The third-order valence-corrected chi connectivity index (χ3v) is 5.25. The molecule has 2 aromatic carbocycles. The standard InChI is InChI=1S/C19H21Cl2N3O/c1-12-6-8-24(9-7-12)18-11-17(15(21)10-16(18)22)23-19(25)13-4-2-3-5-14(13)20/h2-5,10-12H,6-9,22H2,1H3,(H,23,25). The largest absolute Gasteiger partial charge is 0.397 e. The van der Waals surface area contributed by atoms with Crippen LogP contribution in [0.2, 0.25) is 10.0 Å². The summed E-state index contributed by atoms with van der Waals surface area (Å²) < 4.78 is 0. The molecule has 0 spiro atoms. The molecule has 3 N–H and O–H groups in total. The molecule has 4 nitrogen and oxygen atoms in total. The Morgan fingerprint density at radius 2 is 1.84 bits per heavy atom. The Kier molecular flexibility index (Phi) is 5.40. The number of nitrogens with two attached hydrogens (primary N) is 1. The number of hydrogen-bond acceptors (Lipinski definition) is 3. The molecule has 25 heavy (non-hydrogen) atoms. The van der Waals surface area contributed by atoms with E-state index in [-0.39, 0.29) is 5.91 Å². The third-order valence-electron chi connectivity index (χ3n) is 4.61. The summed E-state index contributed by atoms with van der Waals surface area (Å²) in [5.74, 6) is 0.430.